The summed E-state index contributed by atoms with van der Waals surface area (Å²) in [5, 5.41) is 6.79. The van der Waals surface area contributed by atoms with Crippen molar-refractivity contribution in [3.63, 3.8) is 0 Å². The Morgan fingerprint density at radius 2 is 1.86 bits per heavy atom. The maximum absolute atomic E-state index is 6.43. The van der Waals surface area contributed by atoms with E-state index >= 15 is 0 Å². The van der Waals surface area contributed by atoms with Crippen molar-refractivity contribution in [2.24, 2.45) is 0 Å². The fourth-order valence-corrected chi connectivity index (χ4v) is 4.29. The molecule has 1 fully saturated rings. The van der Waals surface area contributed by atoms with Crippen LogP contribution in [0.1, 0.15) is 30.5 Å². The first-order valence-corrected chi connectivity index (χ1v) is 10.5. The Balaban J connectivity index is 1.85. The highest BCUT2D eigenvalue weighted by atomic mass is 35.5. The van der Waals surface area contributed by atoms with Crippen LogP contribution in [-0.2, 0) is 0 Å². The van der Waals surface area contributed by atoms with Gasteiger partial charge in [-0.25, -0.2) is 0 Å². The smallest absolute Gasteiger partial charge is 0.124 e. The molecule has 4 rings (SSSR count). The summed E-state index contributed by atoms with van der Waals surface area (Å²) in [4.78, 5) is 2.55. The molecule has 1 aliphatic heterocycles. The molecule has 0 aliphatic carbocycles. The van der Waals surface area contributed by atoms with Crippen molar-refractivity contribution < 1.29 is 4.74 Å². The lowest BCUT2D eigenvalue weighted by Gasteiger charge is -2.32. The van der Waals surface area contributed by atoms with E-state index in [2.05, 4.69) is 58.7 Å². The zero-order valence-electron chi connectivity index (χ0n) is 16.3. The second-order valence-corrected chi connectivity index (χ2v) is 7.70. The first-order valence-electron chi connectivity index (χ1n) is 10.1. The molecule has 1 heterocycles. The summed E-state index contributed by atoms with van der Waals surface area (Å²) in [6.45, 7) is 6.77. The highest BCUT2D eigenvalue weighted by Gasteiger charge is 2.26. The summed E-state index contributed by atoms with van der Waals surface area (Å²) in [6.07, 6.45) is 1.13. The average Bonchev–Trinajstić information content (AvgIpc) is 3.00. The Labute approximate surface area is 172 Å². The molecule has 0 spiro atoms. The number of halogens is 1. The number of ether oxygens (including phenoxy) is 1. The van der Waals surface area contributed by atoms with Gasteiger partial charge in [0.1, 0.15) is 5.75 Å². The van der Waals surface area contributed by atoms with E-state index in [1.54, 1.807) is 0 Å². The van der Waals surface area contributed by atoms with Gasteiger partial charge in [0.15, 0.2) is 0 Å². The predicted octanol–water partition coefficient (Wildman–Crippen LogP) is 5.28. The summed E-state index contributed by atoms with van der Waals surface area (Å²) in [6, 6.07) is 21.4. The second-order valence-electron chi connectivity index (χ2n) is 7.26. The van der Waals surface area contributed by atoms with E-state index in [9.17, 15) is 0 Å². The van der Waals surface area contributed by atoms with Crippen molar-refractivity contribution in [2.45, 2.75) is 19.4 Å². The number of hydrogen-bond donors (Lipinski definition) is 1. The number of benzene rings is 3. The van der Waals surface area contributed by atoms with Crippen LogP contribution in [0.25, 0.3) is 10.8 Å². The average molecular weight is 395 g/mol. The van der Waals surface area contributed by atoms with E-state index in [4.69, 9.17) is 16.3 Å². The van der Waals surface area contributed by atoms with Crippen LogP contribution in [0, 0.1) is 0 Å². The minimum Gasteiger partial charge on any atom is -0.494 e. The molecule has 146 valence electrons. The van der Waals surface area contributed by atoms with Crippen LogP contribution in [0.2, 0.25) is 5.02 Å². The van der Waals surface area contributed by atoms with Crippen molar-refractivity contribution in [3.8, 4) is 5.75 Å². The zero-order chi connectivity index (χ0) is 19.3. The molecule has 28 heavy (non-hydrogen) atoms. The molecule has 1 unspecified atom stereocenters. The van der Waals surface area contributed by atoms with Gasteiger partial charge in [-0.2, -0.15) is 0 Å². The predicted molar refractivity (Wildman–Crippen MR) is 117 cm³/mol. The van der Waals surface area contributed by atoms with Gasteiger partial charge in [-0.05, 0) is 60.5 Å². The third kappa shape index (κ3) is 4.17. The molecule has 1 saturated heterocycles. The molecule has 3 nitrogen and oxygen atoms in total. The number of fused-ring (bicyclic) bond motifs is 1. The van der Waals surface area contributed by atoms with Crippen LogP contribution >= 0.6 is 11.6 Å². The van der Waals surface area contributed by atoms with Crippen molar-refractivity contribution in [2.75, 3.05) is 32.8 Å². The summed E-state index contributed by atoms with van der Waals surface area (Å²) in [7, 11) is 0. The fourth-order valence-electron chi connectivity index (χ4n) is 4.11. The van der Waals surface area contributed by atoms with Crippen LogP contribution in [0.5, 0.6) is 5.75 Å². The normalized spacial score (nSPS) is 16.6. The Hall–Kier alpha value is -2.07. The van der Waals surface area contributed by atoms with Gasteiger partial charge in [-0.15, -0.1) is 0 Å². The SMILES string of the molecule is CCOc1ccc(Cl)cc1C(c1ccc2ccccc2c1)N1CCCNCC1. The largest absolute Gasteiger partial charge is 0.494 e. The quantitative estimate of drug-likeness (QED) is 0.637. The highest BCUT2D eigenvalue weighted by Crippen LogP contribution is 2.37. The standard InChI is InChI=1S/C24H27ClN2O/c1-2-28-23-11-10-21(25)17-22(23)24(27-14-5-12-26-13-15-27)20-9-8-18-6-3-4-7-19(18)16-20/h3-4,6-11,16-17,24,26H,2,5,12-15H2,1H3. The highest BCUT2D eigenvalue weighted by molar-refractivity contribution is 6.30. The van der Waals surface area contributed by atoms with E-state index < -0.39 is 0 Å². The van der Waals surface area contributed by atoms with Crippen LogP contribution in [0.15, 0.2) is 60.7 Å². The summed E-state index contributed by atoms with van der Waals surface area (Å²) in [5.74, 6) is 0.919. The van der Waals surface area contributed by atoms with Crippen molar-refractivity contribution in [1.82, 2.24) is 10.2 Å². The molecule has 4 heteroatoms. The van der Waals surface area contributed by atoms with E-state index in [1.807, 2.05) is 19.1 Å². The molecule has 0 amide bonds. The maximum atomic E-state index is 6.43. The molecular formula is C24H27ClN2O. The lowest BCUT2D eigenvalue weighted by atomic mass is 9.94. The Morgan fingerprint density at radius 1 is 1.00 bits per heavy atom. The Kier molecular flexibility index (Phi) is 6.16. The van der Waals surface area contributed by atoms with Gasteiger partial charge in [0.25, 0.3) is 0 Å². The van der Waals surface area contributed by atoms with Gasteiger partial charge in [0.05, 0.1) is 12.6 Å². The second kappa shape index (κ2) is 8.95. The lowest BCUT2D eigenvalue weighted by molar-refractivity contribution is 0.233. The van der Waals surface area contributed by atoms with Gasteiger partial charge < -0.3 is 10.1 Å². The zero-order valence-corrected chi connectivity index (χ0v) is 17.1. The first-order chi connectivity index (χ1) is 13.8. The minimum atomic E-state index is 0.116. The third-order valence-electron chi connectivity index (χ3n) is 5.40. The molecule has 1 N–H and O–H groups in total. The van der Waals surface area contributed by atoms with Crippen molar-refractivity contribution in [3.05, 3.63) is 76.8 Å². The number of rotatable bonds is 5. The van der Waals surface area contributed by atoms with Gasteiger partial charge >= 0.3 is 0 Å². The number of hydrogen-bond acceptors (Lipinski definition) is 3. The van der Waals surface area contributed by atoms with Crippen molar-refractivity contribution >= 4 is 22.4 Å². The topological polar surface area (TPSA) is 24.5 Å². The molecule has 0 saturated carbocycles. The van der Waals surface area contributed by atoms with E-state index in [0.717, 1.165) is 48.9 Å². The van der Waals surface area contributed by atoms with E-state index in [1.165, 1.54) is 16.3 Å². The summed E-state index contributed by atoms with van der Waals surface area (Å²) in [5.41, 5.74) is 2.43. The molecule has 3 aromatic carbocycles. The summed E-state index contributed by atoms with van der Waals surface area (Å²) < 4.78 is 6.00. The molecule has 0 radical (unpaired) electrons. The molecule has 0 aromatic heterocycles. The number of nitrogens with zero attached hydrogens (tertiary/aromatic N) is 1. The van der Waals surface area contributed by atoms with Gasteiger partial charge in [0.2, 0.25) is 0 Å². The van der Waals surface area contributed by atoms with Crippen LogP contribution in [0.3, 0.4) is 0 Å². The minimum absolute atomic E-state index is 0.116. The van der Waals surface area contributed by atoms with Crippen molar-refractivity contribution in [1.29, 1.82) is 0 Å². The van der Waals surface area contributed by atoms with Gasteiger partial charge in [-0.1, -0.05) is 48.0 Å². The molecule has 1 atom stereocenters. The maximum Gasteiger partial charge on any atom is 0.124 e. The molecule has 1 aliphatic rings. The van der Waals surface area contributed by atoms with Crippen LogP contribution < -0.4 is 10.1 Å². The van der Waals surface area contributed by atoms with Crippen LogP contribution in [0.4, 0.5) is 0 Å². The summed E-state index contributed by atoms with van der Waals surface area (Å²) >= 11 is 6.43. The molecule has 3 aromatic rings. The lowest BCUT2D eigenvalue weighted by Crippen LogP contribution is -2.33. The Morgan fingerprint density at radius 3 is 2.71 bits per heavy atom. The number of nitrogens with one attached hydrogen (secondary N) is 1. The van der Waals surface area contributed by atoms with Gasteiger partial charge in [-0.3, -0.25) is 4.90 Å². The molecule has 0 bridgehead atoms. The first kappa shape index (κ1) is 19.3. The fraction of sp³-hybridized carbons (Fsp3) is 0.333. The Bertz CT molecular complexity index is 935. The van der Waals surface area contributed by atoms with E-state index in [-0.39, 0.29) is 6.04 Å². The molecular weight excluding hydrogens is 368 g/mol. The third-order valence-corrected chi connectivity index (χ3v) is 5.63. The van der Waals surface area contributed by atoms with Gasteiger partial charge in [0, 0.05) is 30.2 Å². The van der Waals surface area contributed by atoms with E-state index in [0.29, 0.717) is 6.61 Å². The van der Waals surface area contributed by atoms with Crippen LogP contribution in [-0.4, -0.2) is 37.7 Å². The monoisotopic (exact) mass is 394 g/mol.